The molecule has 0 radical (unpaired) electrons. The maximum absolute atomic E-state index is 15.3. The van der Waals surface area contributed by atoms with Crippen molar-refractivity contribution < 1.29 is 31.5 Å². The average molecular weight is 456 g/mol. The SMILES string of the molecule is CC(C)C(=O)NCc1ccc(C(F)(F)F)c(C2NC(=O)CC(c3cncc(F)c3)N2)c1F. The lowest BCUT2D eigenvalue weighted by Crippen LogP contribution is -2.47. The van der Waals surface area contributed by atoms with Crippen LogP contribution in [0.4, 0.5) is 22.0 Å². The molecule has 2 amide bonds. The second-order valence-electron chi connectivity index (χ2n) is 7.73. The van der Waals surface area contributed by atoms with Gasteiger partial charge in [0.05, 0.1) is 11.8 Å². The number of hydrogen-bond donors (Lipinski definition) is 3. The smallest absolute Gasteiger partial charge is 0.352 e. The molecule has 1 fully saturated rings. The molecule has 0 saturated carbocycles. The Hall–Kier alpha value is -3.08. The van der Waals surface area contributed by atoms with Gasteiger partial charge in [-0.05, 0) is 17.7 Å². The van der Waals surface area contributed by atoms with Crippen molar-refractivity contribution in [2.45, 2.75) is 45.2 Å². The van der Waals surface area contributed by atoms with Crippen molar-refractivity contribution >= 4 is 11.8 Å². The van der Waals surface area contributed by atoms with Gasteiger partial charge in [-0.2, -0.15) is 13.2 Å². The van der Waals surface area contributed by atoms with E-state index in [1.807, 2.05) is 0 Å². The summed E-state index contributed by atoms with van der Waals surface area (Å²) >= 11 is 0. The highest BCUT2D eigenvalue weighted by Crippen LogP contribution is 2.38. The van der Waals surface area contributed by atoms with Crippen LogP contribution in [0.5, 0.6) is 0 Å². The van der Waals surface area contributed by atoms with E-state index in [2.05, 4.69) is 20.9 Å². The van der Waals surface area contributed by atoms with Gasteiger partial charge in [-0.3, -0.25) is 19.9 Å². The Morgan fingerprint density at radius 3 is 2.59 bits per heavy atom. The van der Waals surface area contributed by atoms with Crippen molar-refractivity contribution in [3.8, 4) is 0 Å². The van der Waals surface area contributed by atoms with Gasteiger partial charge in [0.1, 0.15) is 17.8 Å². The lowest BCUT2D eigenvalue weighted by Gasteiger charge is -2.33. The summed E-state index contributed by atoms with van der Waals surface area (Å²) < 4.78 is 69.9. The highest BCUT2D eigenvalue weighted by Gasteiger charge is 2.40. The molecule has 0 spiro atoms. The molecule has 0 aliphatic carbocycles. The number of carbonyl (C=O) groups is 2. The molecule has 6 nitrogen and oxygen atoms in total. The minimum absolute atomic E-state index is 0.174. The number of rotatable bonds is 5. The van der Waals surface area contributed by atoms with Crippen LogP contribution in [0.3, 0.4) is 0 Å². The number of nitrogens with one attached hydrogen (secondary N) is 3. The predicted molar refractivity (Wildman–Crippen MR) is 104 cm³/mol. The van der Waals surface area contributed by atoms with Crippen molar-refractivity contribution in [2.75, 3.05) is 0 Å². The van der Waals surface area contributed by atoms with E-state index in [9.17, 15) is 27.2 Å². The third-order valence-electron chi connectivity index (χ3n) is 5.02. The standard InChI is InChI=1S/C21H21F5N4O2/c1-10(2)20(32)28-8-11-3-4-14(21(24,25)26)17(18(11)23)19-29-15(6-16(31)30-19)12-5-13(22)9-27-7-12/h3-5,7,9-10,15,19,29H,6,8H2,1-2H3,(H,28,32)(H,30,31). The molecule has 3 rings (SSSR count). The van der Waals surface area contributed by atoms with E-state index in [1.54, 1.807) is 13.8 Å². The van der Waals surface area contributed by atoms with E-state index < -0.39 is 58.9 Å². The zero-order chi connectivity index (χ0) is 23.6. The van der Waals surface area contributed by atoms with Crippen LogP contribution in [-0.4, -0.2) is 16.8 Å². The van der Waals surface area contributed by atoms with Crippen LogP contribution in [0.15, 0.2) is 30.6 Å². The zero-order valence-corrected chi connectivity index (χ0v) is 17.2. The van der Waals surface area contributed by atoms with Gasteiger partial charge in [-0.25, -0.2) is 8.78 Å². The molecule has 1 aliphatic rings. The third kappa shape index (κ3) is 5.21. The Kier molecular flexibility index (Phi) is 6.77. The molecule has 32 heavy (non-hydrogen) atoms. The molecule has 2 heterocycles. The number of benzene rings is 1. The summed E-state index contributed by atoms with van der Waals surface area (Å²) in [6.07, 6.45) is -4.43. The molecule has 172 valence electrons. The van der Waals surface area contributed by atoms with Crippen LogP contribution in [-0.2, 0) is 22.3 Å². The summed E-state index contributed by atoms with van der Waals surface area (Å²) in [7, 11) is 0. The largest absolute Gasteiger partial charge is 0.416 e. The van der Waals surface area contributed by atoms with Gasteiger partial charge in [0.15, 0.2) is 0 Å². The van der Waals surface area contributed by atoms with Crippen LogP contribution < -0.4 is 16.0 Å². The van der Waals surface area contributed by atoms with Crippen molar-refractivity contribution in [1.29, 1.82) is 0 Å². The monoisotopic (exact) mass is 456 g/mol. The molecule has 2 unspecified atom stereocenters. The van der Waals surface area contributed by atoms with Gasteiger partial charge in [-0.15, -0.1) is 0 Å². The van der Waals surface area contributed by atoms with Crippen molar-refractivity contribution in [3.05, 3.63) is 64.5 Å². The summed E-state index contributed by atoms with van der Waals surface area (Å²) in [5.74, 6) is -3.33. The molecule has 2 aromatic rings. The van der Waals surface area contributed by atoms with Crippen LogP contribution in [0.25, 0.3) is 0 Å². The zero-order valence-electron chi connectivity index (χ0n) is 17.2. The lowest BCUT2D eigenvalue weighted by molar-refractivity contribution is -0.139. The number of amides is 2. The van der Waals surface area contributed by atoms with Gasteiger partial charge in [0, 0.05) is 42.2 Å². The first-order valence-corrected chi connectivity index (χ1v) is 9.79. The molecule has 1 saturated heterocycles. The highest BCUT2D eigenvalue weighted by molar-refractivity contribution is 5.78. The lowest BCUT2D eigenvalue weighted by atomic mass is 9.95. The van der Waals surface area contributed by atoms with E-state index in [4.69, 9.17) is 0 Å². The molecular weight excluding hydrogens is 435 g/mol. The van der Waals surface area contributed by atoms with Gasteiger partial charge in [0.2, 0.25) is 11.8 Å². The van der Waals surface area contributed by atoms with Gasteiger partial charge >= 0.3 is 6.18 Å². The normalized spacial score (nSPS) is 19.1. The Labute approximate surface area is 180 Å². The molecule has 2 atom stereocenters. The number of carbonyl (C=O) groups excluding carboxylic acids is 2. The number of nitrogens with zero attached hydrogens (tertiary/aromatic N) is 1. The van der Waals surface area contributed by atoms with Gasteiger partial charge in [-0.1, -0.05) is 19.9 Å². The number of halogens is 5. The second-order valence-corrected chi connectivity index (χ2v) is 7.73. The molecular formula is C21H21F5N4O2. The maximum atomic E-state index is 15.3. The van der Waals surface area contributed by atoms with Crippen LogP contribution in [0.2, 0.25) is 0 Å². The van der Waals surface area contributed by atoms with E-state index in [0.717, 1.165) is 18.3 Å². The maximum Gasteiger partial charge on any atom is 0.416 e. The summed E-state index contributed by atoms with van der Waals surface area (Å²) in [5.41, 5.74) is -2.02. The topological polar surface area (TPSA) is 83.1 Å². The van der Waals surface area contributed by atoms with E-state index in [0.29, 0.717) is 6.07 Å². The van der Waals surface area contributed by atoms with Crippen LogP contribution in [0.1, 0.15) is 54.7 Å². The Morgan fingerprint density at radius 2 is 1.97 bits per heavy atom. The quantitative estimate of drug-likeness (QED) is 0.602. The first-order chi connectivity index (χ1) is 15.0. The Balaban J connectivity index is 2.00. The van der Waals surface area contributed by atoms with Crippen molar-refractivity contribution in [2.24, 2.45) is 5.92 Å². The second kappa shape index (κ2) is 9.19. The van der Waals surface area contributed by atoms with Gasteiger partial charge < -0.3 is 10.6 Å². The molecule has 0 bridgehead atoms. The fourth-order valence-electron chi connectivity index (χ4n) is 3.39. The predicted octanol–water partition coefficient (Wildman–Crippen LogP) is 3.50. The fraction of sp³-hybridized carbons (Fsp3) is 0.381. The Morgan fingerprint density at radius 1 is 1.25 bits per heavy atom. The molecule has 1 aromatic carbocycles. The minimum atomic E-state index is -4.91. The molecule has 1 aromatic heterocycles. The van der Waals surface area contributed by atoms with Crippen molar-refractivity contribution in [3.63, 3.8) is 0 Å². The summed E-state index contributed by atoms with van der Waals surface area (Å²) in [5, 5.41) is 7.52. The molecule has 11 heteroatoms. The van der Waals surface area contributed by atoms with E-state index in [1.165, 1.54) is 6.20 Å². The minimum Gasteiger partial charge on any atom is -0.352 e. The summed E-state index contributed by atoms with van der Waals surface area (Å²) in [6, 6.07) is 1.86. The van der Waals surface area contributed by atoms with Gasteiger partial charge in [0.25, 0.3) is 0 Å². The number of hydrogen-bond acceptors (Lipinski definition) is 4. The summed E-state index contributed by atoms with van der Waals surface area (Å²) in [6.45, 7) is 2.91. The van der Waals surface area contributed by atoms with Crippen LogP contribution in [0, 0.1) is 17.6 Å². The molecule has 3 N–H and O–H groups in total. The summed E-state index contributed by atoms with van der Waals surface area (Å²) in [4.78, 5) is 27.7. The third-order valence-corrected chi connectivity index (χ3v) is 5.02. The number of alkyl halides is 3. The number of aromatic nitrogens is 1. The number of pyridine rings is 1. The van der Waals surface area contributed by atoms with E-state index in [-0.39, 0.29) is 24.1 Å². The van der Waals surface area contributed by atoms with E-state index >= 15 is 4.39 Å². The average Bonchev–Trinajstić information content (AvgIpc) is 2.71. The fourth-order valence-corrected chi connectivity index (χ4v) is 3.39. The van der Waals surface area contributed by atoms with Crippen LogP contribution >= 0.6 is 0 Å². The van der Waals surface area contributed by atoms with Crippen molar-refractivity contribution in [1.82, 2.24) is 20.9 Å². The first-order valence-electron chi connectivity index (χ1n) is 9.79. The first kappa shape index (κ1) is 23.6. The Bertz CT molecular complexity index is 1030. The highest BCUT2D eigenvalue weighted by atomic mass is 19.4. The molecule has 1 aliphatic heterocycles.